The molecule has 2 aromatic heterocycles. The molecule has 0 fully saturated rings. The van der Waals surface area contributed by atoms with Crippen molar-refractivity contribution in [1.29, 1.82) is 0 Å². The Bertz CT molecular complexity index is 1050. The van der Waals surface area contributed by atoms with E-state index in [4.69, 9.17) is 0 Å². The van der Waals surface area contributed by atoms with Crippen molar-refractivity contribution in [2.45, 2.75) is 39.9 Å². The van der Waals surface area contributed by atoms with Crippen molar-refractivity contribution in [3.8, 4) is 0 Å². The van der Waals surface area contributed by atoms with Gasteiger partial charge in [-0.2, -0.15) is 0 Å². The lowest BCUT2D eigenvalue weighted by atomic mass is 10.2. The van der Waals surface area contributed by atoms with Gasteiger partial charge in [-0.3, -0.25) is 18.7 Å². The molecule has 6 nitrogen and oxygen atoms in total. The zero-order valence-electron chi connectivity index (χ0n) is 15.6. The molecule has 0 saturated carbocycles. The van der Waals surface area contributed by atoms with Crippen molar-refractivity contribution in [3.05, 3.63) is 68.2 Å². The molecule has 0 atom stereocenters. The normalized spacial score (nSPS) is 11.0. The number of nitrogens with zero attached hydrogens (tertiary/aromatic N) is 3. The Morgan fingerprint density at radius 1 is 1.07 bits per heavy atom. The zero-order valence-corrected chi connectivity index (χ0v) is 16.4. The van der Waals surface area contributed by atoms with Gasteiger partial charge in [0.15, 0.2) is 0 Å². The minimum absolute atomic E-state index is 0.0727. The Hall–Kier alpha value is -2.67. The number of hydrogen-bond donors (Lipinski definition) is 0. The summed E-state index contributed by atoms with van der Waals surface area (Å²) in [5.74, 6) is -0.141. The molecule has 0 unspecified atom stereocenters. The lowest BCUT2D eigenvalue weighted by molar-refractivity contribution is -0.132. The van der Waals surface area contributed by atoms with E-state index in [1.54, 1.807) is 16.3 Å². The molecule has 0 radical (unpaired) electrons. The van der Waals surface area contributed by atoms with E-state index in [0.717, 1.165) is 5.56 Å². The molecule has 0 aliphatic carbocycles. The molecular formula is C20H23N3O3S. The second kappa shape index (κ2) is 8.35. The van der Waals surface area contributed by atoms with Gasteiger partial charge >= 0.3 is 5.69 Å². The van der Waals surface area contributed by atoms with Gasteiger partial charge < -0.3 is 4.90 Å². The number of rotatable bonds is 7. The molecule has 0 saturated heterocycles. The van der Waals surface area contributed by atoms with Crippen molar-refractivity contribution in [2.24, 2.45) is 0 Å². The van der Waals surface area contributed by atoms with Crippen LogP contribution in [0, 0.1) is 0 Å². The summed E-state index contributed by atoms with van der Waals surface area (Å²) in [7, 11) is 0. The van der Waals surface area contributed by atoms with Crippen LogP contribution in [0.1, 0.15) is 25.8 Å². The number of fused-ring (bicyclic) bond motifs is 1. The molecule has 0 spiro atoms. The van der Waals surface area contributed by atoms with Crippen LogP contribution < -0.4 is 11.2 Å². The van der Waals surface area contributed by atoms with Gasteiger partial charge in [-0.05, 0) is 30.4 Å². The summed E-state index contributed by atoms with van der Waals surface area (Å²) in [5, 5.41) is 1.78. The Labute approximate surface area is 161 Å². The van der Waals surface area contributed by atoms with Crippen LogP contribution in [-0.4, -0.2) is 26.5 Å². The van der Waals surface area contributed by atoms with E-state index in [2.05, 4.69) is 0 Å². The molecule has 0 bridgehead atoms. The maximum Gasteiger partial charge on any atom is 0.332 e. The summed E-state index contributed by atoms with van der Waals surface area (Å²) in [6, 6.07) is 11.5. The van der Waals surface area contributed by atoms with Crippen LogP contribution in [0.4, 0.5) is 0 Å². The van der Waals surface area contributed by atoms with Gasteiger partial charge in [0.2, 0.25) is 5.91 Å². The fourth-order valence-electron chi connectivity index (χ4n) is 3.12. The number of amides is 1. The van der Waals surface area contributed by atoms with Crippen LogP contribution in [0.3, 0.4) is 0 Å². The average Bonchev–Trinajstić information content (AvgIpc) is 3.17. The van der Waals surface area contributed by atoms with Crippen molar-refractivity contribution in [3.63, 3.8) is 0 Å². The van der Waals surface area contributed by atoms with Crippen molar-refractivity contribution in [1.82, 2.24) is 14.0 Å². The van der Waals surface area contributed by atoms with E-state index in [-0.39, 0.29) is 18.0 Å². The van der Waals surface area contributed by atoms with Gasteiger partial charge in [0, 0.05) is 19.6 Å². The Morgan fingerprint density at radius 2 is 1.81 bits per heavy atom. The maximum atomic E-state index is 12.9. The summed E-state index contributed by atoms with van der Waals surface area (Å²) >= 11 is 1.30. The first-order chi connectivity index (χ1) is 13.1. The van der Waals surface area contributed by atoms with Crippen LogP contribution in [0.2, 0.25) is 0 Å². The predicted molar refractivity (Wildman–Crippen MR) is 108 cm³/mol. The maximum absolute atomic E-state index is 12.9. The SMILES string of the molecule is CCCn1c(=O)c2sccc2n(CC(=O)N(CC)Cc2ccccc2)c1=O. The fraction of sp³-hybridized carbons (Fsp3) is 0.350. The number of hydrogen-bond acceptors (Lipinski definition) is 4. The first-order valence-corrected chi connectivity index (χ1v) is 9.97. The molecule has 27 heavy (non-hydrogen) atoms. The van der Waals surface area contributed by atoms with Gasteiger partial charge in [-0.1, -0.05) is 37.3 Å². The molecule has 142 valence electrons. The van der Waals surface area contributed by atoms with Crippen molar-refractivity contribution >= 4 is 27.5 Å². The second-order valence-electron chi connectivity index (χ2n) is 6.35. The summed E-state index contributed by atoms with van der Waals surface area (Å²) in [4.78, 5) is 40.0. The highest BCUT2D eigenvalue weighted by molar-refractivity contribution is 7.17. The van der Waals surface area contributed by atoms with Gasteiger partial charge in [0.1, 0.15) is 11.2 Å². The van der Waals surface area contributed by atoms with E-state index in [1.807, 2.05) is 44.2 Å². The van der Waals surface area contributed by atoms with Crippen molar-refractivity contribution in [2.75, 3.05) is 6.54 Å². The number of carbonyl (C=O) groups excluding carboxylic acids is 1. The fourth-order valence-corrected chi connectivity index (χ4v) is 3.97. The van der Waals surface area contributed by atoms with E-state index in [1.165, 1.54) is 20.5 Å². The summed E-state index contributed by atoms with van der Waals surface area (Å²) < 4.78 is 3.18. The molecule has 2 heterocycles. The first-order valence-electron chi connectivity index (χ1n) is 9.09. The van der Waals surface area contributed by atoms with Gasteiger partial charge in [0.05, 0.1) is 5.52 Å². The largest absolute Gasteiger partial charge is 0.337 e. The molecule has 0 N–H and O–H groups in total. The number of benzene rings is 1. The standard InChI is InChI=1S/C20H23N3O3S/c1-3-11-22-19(25)18-16(10-12-27-18)23(20(22)26)14-17(24)21(4-2)13-15-8-6-5-7-9-15/h5-10,12H,3-4,11,13-14H2,1-2H3. The van der Waals surface area contributed by atoms with Crippen molar-refractivity contribution < 1.29 is 4.79 Å². The van der Waals surface area contributed by atoms with E-state index in [0.29, 0.717) is 36.3 Å². The smallest absolute Gasteiger partial charge is 0.332 e. The van der Waals surface area contributed by atoms with Crippen LogP contribution in [0.5, 0.6) is 0 Å². The van der Waals surface area contributed by atoms with Crippen LogP contribution in [0.15, 0.2) is 51.4 Å². The molecule has 7 heteroatoms. The second-order valence-corrected chi connectivity index (χ2v) is 7.27. The quantitative estimate of drug-likeness (QED) is 0.628. The van der Waals surface area contributed by atoms with E-state index < -0.39 is 5.69 Å². The Kier molecular flexibility index (Phi) is 5.91. The van der Waals surface area contributed by atoms with E-state index in [9.17, 15) is 14.4 Å². The third-order valence-corrected chi connectivity index (χ3v) is 5.42. The van der Waals surface area contributed by atoms with Crippen LogP contribution >= 0.6 is 11.3 Å². The number of thiophene rings is 1. The first kappa shape index (κ1) is 19.1. The highest BCUT2D eigenvalue weighted by Gasteiger charge is 2.19. The number of aromatic nitrogens is 2. The average molecular weight is 385 g/mol. The monoisotopic (exact) mass is 385 g/mol. The molecular weight excluding hydrogens is 362 g/mol. The van der Waals surface area contributed by atoms with Crippen LogP contribution in [-0.2, 0) is 24.4 Å². The molecule has 1 aromatic carbocycles. The number of carbonyl (C=O) groups is 1. The molecule has 3 aromatic rings. The summed E-state index contributed by atoms with van der Waals surface area (Å²) in [5.41, 5.74) is 0.882. The third-order valence-electron chi connectivity index (χ3n) is 4.53. The molecule has 0 aliphatic rings. The minimum Gasteiger partial charge on any atom is -0.337 e. The van der Waals surface area contributed by atoms with Crippen LogP contribution in [0.25, 0.3) is 10.2 Å². The molecule has 1 amide bonds. The lowest BCUT2D eigenvalue weighted by Gasteiger charge is -2.22. The lowest BCUT2D eigenvalue weighted by Crippen LogP contribution is -2.43. The van der Waals surface area contributed by atoms with E-state index >= 15 is 0 Å². The Morgan fingerprint density at radius 3 is 2.48 bits per heavy atom. The third kappa shape index (κ3) is 3.88. The van der Waals surface area contributed by atoms with Gasteiger partial charge in [-0.25, -0.2) is 4.79 Å². The molecule has 3 rings (SSSR count). The number of likely N-dealkylation sites (N-methyl/N-ethyl adjacent to an activating group) is 1. The topological polar surface area (TPSA) is 64.3 Å². The minimum atomic E-state index is -0.420. The Balaban J connectivity index is 1.95. The summed E-state index contributed by atoms with van der Waals surface area (Å²) in [6.45, 7) is 5.15. The highest BCUT2D eigenvalue weighted by atomic mass is 32.1. The molecule has 0 aliphatic heterocycles. The zero-order chi connectivity index (χ0) is 19.4. The summed E-state index contributed by atoms with van der Waals surface area (Å²) in [6.07, 6.45) is 0.676. The van der Waals surface area contributed by atoms with Gasteiger partial charge in [-0.15, -0.1) is 11.3 Å². The highest BCUT2D eigenvalue weighted by Crippen LogP contribution is 2.16. The van der Waals surface area contributed by atoms with Gasteiger partial charge in [0.25, 0.3) is 5.56 Å². The predicted octanol–water partition coefficient (Wildman–Crippen LogP) is 2.68.